The summed E-state index contributed by atoms with van der Waals surface area (Å²) in [5.74, 6) is 2.33. The molecule has 0 fully saturated rings. The van der Waals surface area contributed by atoms with E-state index in [4.69, 9.17) is 4.42 Å². The standard InChI is InChI=1S/C12H19NO/c1-3-5-11-7-9-6-10(4-2)13-8-12(9)14-11/h7,10,13H,3-6,8H2,1-2H3. The summed E-state index contributed by atoms with van der Waals surface area (Å²) in [6.45, 7) is 5.34. The van der Waals surface area contributed by atoms with Crippen LogP contribution in [0.25, 0.3) is 0 Å². The minimum absolute atomic E-state index is 0.648. The van der Waals surface area contributed by atoms with Gasteiger partial charge in [0, 0.05) is 12.5 Å². The van der Waals surface area contributed by atoms with Crippen LogP contribution in [0, 0.1) is 0 Å². The predicted molar refractivity (Wildman–Crippen MR) is 57.3 cm³/mol. The summed E-state index contributed by atoms with van der Waals surface area (Å²) in [7, 11) is 0. The van der Waals surface area contributed by atoms with Crippen molar-refractivity contribution in [2.45, 2.75) is 52.1 Å². The van der Waals surface area contributed by atoms with Crippen LogP contribution in [0.4, 0.5) is 0 Å². The maximum Gasteiger partial charge on any atom is 0.121 e. The van der Waals surface area contributed by atoms with Gasteiger partial charge < -0.3 is 9.73 Å². The van der Waals surface area contributed by atoms with Crippen molar-refractivity contribution in [3.63, 3.8) is 0 Å². The first-order valence-electron chi connectivity index (χ1n) is 5.67. The van der Waals surface area contributed by atoms with Gasteiger partial charge in [-0.1, -0.05) is 13.8 Å². The van der Waals surface area contributed by atoms with Crippen molar-refractivity contribution >= 4 is 0 Å². The van der Waals surface area contributed by atoms with Crippen molar-refractivity contribution in [2.24, 2.45) is 0 Å². The van der Waals surface area contributed by atoms with Crippen LogP contribution < -0.4 is 5.32 Å². The molecular weight excluding hydrogens is 174 g/mol. The minimum atomic E-state index is 0.648. The van der Waals surface area contributed by atoms with E-state index in [-0.39, 0.29) is 0 Å². The summed E-state index contributed by atoms with van der Waals surface area (Å²) in [5.41, 5.74) is 1.43. The summed E-state index contributed by atoms with van der Waals surface area (Å²) >= 11 is 0. The average Bonchev–Trinajstić information content (AvgIpc) is 2.59. The molecule has 1 N–H and O–H groups in total. The lowest BCUT2D eigenvalue weighted by molar-refractivity contribution is 0.388. The second-order valence-electron chi connectivity index (χ2n) is 4.10. The van der Waals surface area contributed by atoms with Crippen LogP contribution in [0.5, 0.6) is 0 Å². The van der Waals surface area contributed by atoms with E-state index in [2.05, 4.69) is 25.2 Å². The highest BCUT2D eigenvalue weighted by atomic mass is 16.3. The number of furan rings is 1. The second-order valence-corrected chi connectivity index (χ2v) is 4.10. The molecule has 0 saturated carbocycles. The van der Waals surface area contributed by atoms with E-state index in [0.29, 0.717) is 6.04 Å². The van der Waals surface area contributed by atoms with Crippen LogP contribution in [-0.2, 0) is 19.4 Å². The van der Waals surface area contributed by atoms with Gasteiger partial charge in [-0.05, 0) is 30.9 Å². The molecule has 78 valence electrons. The molecule has 1 aliphatic heterocycles. The van der Waals surface area contributed by atoms with E-state index in [9.17, 15) is 0 Å². The van der Waals surface area contributed by atoms with Gasteiger partial charge in [0.15, 0.2) is 0 Å². The highest BCUT2D eigenvalue weighted by molar-refractivity contribution is 5.25. The molecule has 2 nitrogen and oxygen atoms in total. The fourth-order valence-electron chi connectivity index (χ4n) is 2.08. The van der Waals surface area contributed by atoms with Gasteiger partial charge >= 0.3 is 0 Å². The van der Waals surface area contributed by atoms with Gasteiger partial charge in [-0.2, -0.15) is 0 Å². The van der Waals surface area contributed by atoms with E-state index in [0.717, 1.165) is 37.3 Å². The fourth-order valence-corrected chi connectivity index (χ4v) is 2.08. The number of nitrogens with one attached hydrogen (secondary N) is 1. The molecular formula is C12H19NO. The number of aryl methyl sites for hydroxylation is 1. The SMILES string of the molecule is CCCc1cc2c(o1)CNC(CC)C2. The van der Waals surface area contributed by atoms with Crippen molar-refractivity contribution in [2.75, 3.05) is 0 Å². The van der Waals surface area contributed by atoms with Gasteiger partial charge in [-0.3, -0.25) is 0 Å². The lowest BCUT2D eigenvalue weighted by atomic mass is 10.00. The summed E-state index contributed by atoms with van der Waals surface area (Å²) in [4.78, 5) is 0. The Morgan fingerprint density at radius 2 is 2.36 bits per heavy atom. The third-order valence-corrected chi connectivity index (χ3v) is 2.95. The van der Waals surface area contributed by atoms with Gasteiger partial charge in [0.25, 0.3) is 0 Å². The molecule has 1 aliphatic rings. The molecule has 0 aromatic carbocycles. The molecule has 0 aliphatic carbocycles. The van der Waals surface area contributed by atoms with Crippen LogP contribution in [0.3, 0.4) is 0 Å². The average molecular weight is 193 g/mol. The second kappa shape index (κ2) is 4.18. The Balaban J connectivity index is 2.12. The Morgan fingerprint density at radius 1 is 1.50 bits per heavy atom. The summed E-state index contributed by atoms with van der Waals surface area (Å²) in [5, 5.41) is 3.49. The quantitative estimate of drug-likeness (QED) is 0.798. The van der Waals surface area contributed by atoms with E-state index in [1.807, 2.05) is 0 Å². The van der Waals surface area contributed by atoms with Crippen LogP contribution in [-0.4, -0.2) is 6.04 Å². The van der Waals surface area contributed by atoms with E-state index in [1.165, 1.54) is 12.0 Å². The molecule has 2 heteroatoms. The van der Waals surface area contributed by atoms with Crippen LogP contribution >= 0.6 is 0 Å². The largest absolute Gasteiger partial charge is 0.464 e. The molecule has 0 radical (unpaired) electrons. The van der Waals surface area contributed by atoms with E-state index >= 15 is 0 Å². The molecule has 1 atom stereocenters. The van der Waals surface area contributed by atoms with Gasteiger partial charge in [0.1, 0.15) is 11.5 Å². The topological polar surface area (TPSA) is 25.2 Å². The Hall–Kier alpha value is -0.760. The zero-order valence-corrected chi connectivity index (χ0v) is 9.10. The molecule has 2 heterocycles. The first kappa shape index (κ1) is 9.78. The van der Waals surface area contributed by atoms with Crippen LogP contribution in [0.15, 0.2) is 10.5 Å². The molecule has 0 amide bonds. The first-order chi connectivity index (χ1) is 6.83. The van der Waals surface area contributed by atoms with Crippen molar-refractivity contribution in [3.8, 4) is 0 Å². The number of hydrogen-bond acceptors (Lipinski definition) is 2. The van der Waals surface area contributed by atoms with Crippen molar-refractivity contribution in [3.05, 3.63) is 23.2 Å². The number of hydrogen-bond donors (Lipinski definition) is 1. The molecule has 0 saturated heterocycles. The van der Waals surface area contributed by atoms with Crippen LogP contribution in [0.2, 0.25) is 0 Å². The fraction of sp³-hybridized carbons (Fsp3) is 0.667. The van der Waals surface area contributed by atoms with Crippen molar-refractivity contribution in [1.82, 2.24) is 5.32 Å². The minimum Gasteiger partial charge on any atom is -0.464 e. The van der Waals surface area contributed by atoms with Gasteiger partial charge in [0.2, 0.25) is 0 Å². The maximum absolute atomic E-state index is 5.78. The van der Waals surface area contributed by atoms with Crippen LogP contribution in [0.1, 0.15) is 43.8 Å². The molecule has 1 unspecified atom stereocenters. The van der Waals surface area contributed by atoms with Crippen molar-refractivity contribution in [1.29, 1.82) is 0 Å². The third-order valence-electron chi connectivity index (χ3n) is 2.95. The molecule has 0 spiro atoms. The highest BCUT2D eigenvalue weighted by Crippen LogP contribution is 2.22. The van der Waals surface area contributed by atoms with E-state index in [1.54, 1.807) is 0 Å². The Bertz CT molecular complexity index is 303. The lowest BCUT2D eigenvalue weighted by Crippen LogP contribution is -2.34. The van der Waals surface area contributed by atoms with Crippen molar-refractivity contribution < 1.29 is 4.42 Å². The van der Waals surface area contributed by atoms with Gasteiger partial charge in [0.05, 0.1) is 6.54 Å². The lowest BCUT2D eigenvalue weighted by Gasteiger charge is -2.21. The first-order valence-corrected chi connectivity index (χ1v) is 5.67. The predicted octanol–water partition coefficient (Wildman–Crippen LogP) is 2.66. The Kier molecular flexibility index (Phi) is 2.92. The Labute approximate surface area is 85.7 Å². The molecule has 1 aromatic heterocycles. The molecule has 2 rings (SSSR count). The molecule has 0 bridgehead atoms. The normalized spacial score (nSPS) is 20.9. The number of fused-ring (bicyclic) bond motifs is 1. The van der Waals surface area contributed by atoms with Gasteiger partial charge in [-0.25, -0.2) is 0 Å². The molecule has 14 heavy (non-hydrogen) atoms. The zero-order valence-electron chi connectivity index (χ0n) is 9.10. The maximum atomic E-state index is 5.78. The van der Waals surface area contributed by atoms with Gasteiger partial charge in [-0.15, -0.1) is 0 Å². The summed E-state index contributed by atoms with van der Waals surface area (Å²) in [6.07, 6.45) is 4.58. The third kappa shape index (κ3) is 1.85. The summed E-state index contributed by atoms with van der Waals surface area (Å²) < 4.78 is 5.78. The molecule has 1 aromatic rings. The number of rotatable bonds is 3. The summed E-state index contributed by atoms with van der Waals surface area (Å²) in [6, 6.07) is 2.90. The Morgan fingerprint density at radius 3 is 3.07 bits per heavy atom. The highest BCUT2D eigenvalue weighted by Gasteiger charge is 2.20. The monoisotopic (exact) mass is 193 g/mol. The zero-order chi connectivity index (χ0) is 9.97. The van der Waals surface area contributed by atoms with E-state index < -0.39 is 0 Å². The smallest absolute Gasteiger partial charge is 0.121 e.